The number of benzene rings is 1. The third kappa shape index (κ3) is 2.39. The molecule has 2 heteroatoms. The molecule has 1 aromatic carbocycles. The van der Waals surface area contributed by atoms with Crippen LogP contribution in [0.3, 0.4) is 0 Å². The van der Waals surface area contributed by atoms with E-state index in [2.05, 4.69) is 35.6 Å². The second-order valence-corrected chi connectivity index (χ2v) is 4.27. The van der Waals surface area contributed by atoms with Gasteiger partial charge in [0.25, 0.3) is 0 Å². The summed E-state index contributed by atoms with van der Waals surface area (Å²) >= 11 is 0. The highest BCUT2D eigenvalue weighted by atomic mass is 16.5. The van der Waals surface area contributed by atoms with Crippen molar-refractivity contribution in [3.8, 4) is 0 Å². The monoisotopic (exact) mass is 205 g/mol. The second-order valence-electron chi connectivity index (χ2n) is 4.27. The minimum Gasteiger partial charge on any atom is -0.383 e. The van der Waals surface area contributed by atoms with Crippen molar-refractivity contribution in [2.75, 3.05) is 20.8 Å². The van der Waals surface area contributed by atoms with Gasteiger partial charge in [0.2, 0.25) is 0 Å². The summed E-state index contributed by atoms with van der Waals surface area (Å²) < 4.78 is 5.22. The SMILES string of the molecule is CNC(COC)C1CC1c1ccccc1. The number of methoxy groups -OCH3 is 1. The normalized spacial score (nSPS) is 26.3. The summed E-state index contributed by atoms with van der Waals surface area (Å²) in [5, 5.41) is 3.34. The molecule has 0 heterocycles. The van der Waals surface area contributed by atoms with E-state index in [9.17, 15) is 0 Å². The van der Waals surface area contributed by atoms with Gasteiger partial charge in [-0.1, -0.05) is 30.3 Å². The van der Waals surface area contributed by atoms with E-state index in [4.69, 9.17) is 4.74 Å². The summed E-state index contributed by atoms with van der Waals surface area (Å²) in [6.45, 7) is 0.810. The third-order valence-corrected chi connectivity index (χ3v) is 3.30. The zero-order valence-corrected chi connectivity index (χ0v) is 9.44. The number of hydrogen-bond acceptors (Lipinski definition) is 2. The zero-order valence-electron chi connectivity index (χ0n) is 9.44. The number of nitrogens with one attached hydrogen (secondary N) is 1. The van der Waals surface area contributed by atoms with Crippen LogP contribution in [0.4, 0.5) is 0 Å². The molecule has 0 saturated heterocycles. The summed E-state index contributed by atoms with van der Waals surface area (Å²) in [6, 6.07) is 11.3. The quantitative estimate of drug-likeness (QED) is 0.794. The molecular formula is C13H19NO. The molecule has 0 aliphatic heterocycles. The van der Waals surface area contributed by atoms with Crippen LogP contribution in [0.1, 0.15) is 17.9 Å². The first-order valence-electron chi connectivity index (χ1n) is 5.58. The Labute approximate surface area is 91.6 Å². The Kier molecular flexibility index (Phi) is 3.39. The summed E-state index contributed by atoms with van der Waals surface area (Å²) in [7, 11) is 3.79. The van der Waals surface area contributed by atoms with Crippen LogP contribution in [0, 0.1) is 5.92 Å². The first kappa shape index (κ1) is 10.7. The Bertz CT molecular complexity index is 299. The standard InChI is InChI=1S/C13H19NO/c1-14-13(9-15-2)12-8-11(12)10-6-4-3-5-7-10/h3-7,11-14H,8-9H2,1-2H3. The largest absolute Gasteiger partial charge is 0.383 e. The van der Waals surface area contributed by atoms with Crippen molar-refractivity contribution < 1.29 is 4.74 Å². The van der Waals surface area contributed by atoms with Crippen molar-refractivity contribution in [2.24, 2.45) is 5.92 Å². The maximum atomic E-state index is 5.22. The predicted molar refractivity (Wildman–Crippen MR) is 62.0 cm³/mol. The van der Waals surface area contributed by atoms with Crippen LogP contribution in [0.15, 0.2) is 30.3 Å². The molecule has 0 bridgehead atoms. The molecular weight excluding hydrogens is 186 g/mol. The van der Waals surface area contributed by atoms with Gasteiger partial charge in [-0.2, -0.15) is 0 Å². The molecule has 1 saturated carbocycles. The minimum absolute atomic E-state index is 0.500. The minimum atomic E-state index is 0.500. The molecule has 82 valence electrons. The van der Waals surface area contributed by atoms with Crippen molar-refractivity contribution in [1.29, 1.82) is 0 Å². The van der Waals surface area contributed by atoms with Crippen molar-refractivity contribution in [2.45, 2.75) is 18.4 Å². The average molecular weight is 205 g/mol. The van der Waals surface area contributed by atoms with E-state index in [1.54, 1.807) is 7.11 Å². The number of likely N-dealkylation sites (N-methyl/N-ethyl adjacent to an activating group) is 1. The summed E-state index contributed by atoms with van der Waals surface area (Å²) in [4.78, 5) is 0. The van der Waals surface area contributed by atoms with E-state index in [1.807, 2.05) is 7.05 Å². The fraction of sp³-hybridized carbons (Fsp3) is 0.538. The van der Waals surface area contributed by atoms with Crippen LogP contribution in [0.5, 0.6) is 0 Å². The Morgan fingerprint density at radius 3 is 2.73 bits per heavy atom. The van der Waals surface area contributed by atoms with Crippen LogP contribution < -0.4 is 5.32 Å². The van der Waals surface area contributed by atoms with Gasteiger partial charge in [0, 0.05) is 13.2 Å². The molecule has 2 nitrogen and oxygen atoms in total. The maximum absolute atomic E-state index is 5.22. The van der Waals surface area contributed by atoms with Crippen molar-refractivity contribution in [3.63, 3.8) is 0 Å². The lowest BCUT2D eigenvalue weighted by Gasteiger charge is -2.14. The van der Waals surface area contributed by atoms with E-state index >= 15 is 0 Å². The Morgan fingerprint density at radius 1 is 1.40 bits per heavy atom. The molecule has 0 radical (unpaired) electrons. The van der Waals surface area contributed by atoms with Gasteiger partial charge in [-0.3, -0.25) is 0 Å². The highest BCUT2D eigenvalue weighted by molar-refractivity contribution is 5.26. The molecule has 2 rings (SSSR count). The Hall–Kier alpha value is -0.860. The lowest BCUT2D eigenvalue weighted by molar-refractivity contribution is 0.160. The number of rotatable bonds is 5. The molecule has 1 aliphatic rings. The second kappa shape index (κ2) is 4.77. The molecule has 3 unspecified atom stereocenters. The molecule has 0 amide bonds. The first-order valence-corrected chi connectivity index (χ1v) is 5.58. The number of ether oxygens (including phenoxy) is 1. The van der Waals surface area contributed by atoms with Crippen molar-refractivity contribution in [3.05, 3.63) is 35.9 Å². The van der Waals surface area contributed by atoms with Gasteiger partial charge < -0.3 is 10.1 Å². The number of hydrogen-bond donors (Lipinski definition) is 1. The zero-order chi connectivity index (χ0) is 10.7. The molecule has 1 aromatic rings. The lowest BCUT2D eigenvalue weighted by atomic mass is 10.1. The molecule has 1 N–H and O–H groups in total. The summed E-state index contributed by atoms with van der Waals surface area (Å²) in [6.07, 6.45) is 1.29. The molecule has 1 aliphatic carbocycles. The third-order valence-electron chi connectivity index (χ3n) is 3.30. The van der Waals surface area contributed by atoms with Gasteiger partial charge in [-0.05, 0) is 30.9 Å². The van der Waals surface area contributed by atoms with Crippen molar-refractivity contribution >= 4 is 0 Å². The van der Waals surface area contributed by atoms with Crippen molar-refractivity contribution in [1.82, 2.24) is 5.32 Å². The van der Waals surface area contributed by atoms with Crippen LogP contribution in [-0.2, 0) is 4.74 Å². The molecule has 0 spiro atoms. The van der Waals surface area contributed by atoms with Gasteiger partial charge in [0.05, 0.1) is 6.61 Å². The van der Waals surface area contributed by atoms with E-state index in [-0.39, 0.29) is 0 Å². The van der Waals surface area contributed by atoms with Crippen LogP contribution in [0.2, 0.25) is 0 Å². The topological polar surface area (TPSA) is 21.3 Å². The Morgan fingerprint density at radius 2 is 2.13 bits per heavy atom. The molecule has 3 atom stereocenters. The highest BCUT2D eigenvalue weighted by Crippen LogP contribution is 2.49. The van der Waals surface area contributed by atoms with E-state index < -0.39 is 0 Å². The molecule has 15 heavy (non-hydrogen) atoms. The predicted octanol–water partition coefficient (Wildman–Crippen LogP) is 2.02. The summed E-state index contributed by atoms with van der Waals surface area (Å²) in [5.74, 6) is 1.48. The van der Waals surface area contributed by atoms with Gasteiger partial charge in [-0.25, -0.2) is 0 Å². The van der Waals surface area contributed by atoms with Gasteiger partial charge >= 0.3 is 0 Å². The van der Waals surface area contributed by atoms with E-state index in [0.717, 1.165) is 18.4 Å². The van der Waals surface area contributed by atoms with Gasteiger partial charge in [-0.15, -0.1) is 0 Å². The average Bonchev–Trinajstić information content (AvgIpc) is 3.07. The van der Waals surface area contributed by atoms with E-state index in [1.165, 1.54) is 12.0 Å². The summed E-state index contributed by atoms with van der Waals surface area (Å²) in [5.41, 5.74) is 1.47. The fourth-order valence-corrected chi connectivity index (χ4v) is 2.34. The van der Waals surface area contributed by atoms with E-state index in [0.29, 0.717) is 6.04 Å². The molecule has 1 fully saturated rings. The van der Waals surface area contributed by atoms with Gasteiger partial charge in [0.1, 0.15) is 0 Å². The maximum Gasteiger partial charge on any atom is 0.0618 e. The fourth-order valence-electron chi connectivity index (χ4n) is 2.34. The molecule has 0 aromatic heterocycles. The smallest absolute Gasteiger partial charge is 0.0618 e. The van der Waals surface area contributed by atoms with Crippen LogP contribution >= 0.6 is 0 Å². The first-order chi connectivity index (χ1) is 7.36. The highest BCUT2D eigenvalue weighted by Gasteiger charge is 2.42. The van der Waals surface area contributed by atoms with Crippen LogP contribution in [-0.4, -0.2) is 26.8 Å². The van der Waals surface area contributed by atoms with Crippen LogP contribution in [0.25, 0.3) is 0 Å². The van der Waals surface area contributed by atoms with Gasteiger partial charge in [0.15, 0.2) is 0 Å². The lowest BCUT2D eigenvalue weighted by Crippen LogP contribution is -2.32. The Balaban J connectivity index is 1.95.